The lowest BCUT2D eigenvalue weighted by molar-refractivity contribution is -0.114. The fourth-order valence-electron chi connectivity index (χ4n) is 3.23. The molecule has 180 valence electrons. The predicted octanol–water partition coefficient (Wildman–Crippen LogP) is 3.56. The molecule has 3 rings (SSSR count). The number of benzene rings is 3. The normalized spacial score (nSPS) is 10.8. The molecule has 34 heavy (non-hydrogen) atoms. The number of carbonyl (C=O) groups excluding carboxylic acids is 1. The van der Waals surface area contributed by atoms with Crippen molar-refractivity contribution in [3.63, 3.8) is 0 Å². The van der Waals surface area contributed by atoms with Crippen LogP contribution in [0.5, 0.6) is 23.0 Å². The third-order valence-electron chi connectivity index (χ3n) is 4.96. The number of carbonyl (C=O) groups is 1. The minimum absolute atomic E-state index is 0.0229. The Bertz CT molecular complexity index is 1250. The van der Waals surface area contributed by atoms with Crippen LogP contribution < -0.4 is 28.6 Å². The Balaban J connectivity index is 2.03. The van der Waals surface area contributed by atoms with Crippen LogP contribution in [0.25, 0.3) is 0 Å². The molecule has 0 saturated heterocycles. The maximum atomic E-state index is 13.6. The second-order valence-electron chi connectivity index (χ2n) is 6.98. The second-order valence-corrected chi connectivity index (χ2v) is 8.84. The topological polar surface area (TPSA) is 103 Å². The zero-order valence-electron chi connectivity index (χ0n) is 19.3. The van der Waals surface area contributed by atoms with Gasteiger partial charge in [0.15, 0.2) is 0 Å². The van der Waals surface area contributed by atoms with Gasteiger partial charge in [0.1, 0.15) is 29.5 Å². The largest absolute Gasteiger partial charge is 0.497 e. The molecule has 0 bridgehead atoms. The molecule has 0 radical (unpaired) electrons. The molecule has 10 heteroatoms. The lowest BCUT2D eigenvalue weighted by Gasteiger charge is -2.26. The molecule has 0 unspecified atom stereocenters. The molecule has 3 aromatic rings. The summed E-state index contributed by atoms with van der Waals surface area (Å²) in [5.74, 6) is 0.984. The van der Waals surface area contributed by atoms with Crippen molar-refractivity contribution in [3.05, 3.63) is 66.7 Å². The van der Waals surface area contributed by atoms with Crippen molar-refractivity contribution in [2.24, 2.45) is 0 Å². The molecule has 0 aliphatic rings. The number of rotatable bonds is 10. The van der Waals surface area contributed by atoms with Crippen LogP contribution in [0.4, 0.5) is 11.4 Å². The van der Waals surface area contributed by atoms with Crippen LogP contribution >= 0.6 is 0 Å². The van der Waals surface area contributed by atoms with Gasteiger partial charge >= 0.3 is 0 Å². The standard InChI is InChI=1S/C24H26N2O7S/c1-30-17-11-13-22(32-3)21(14-17)26(34(28,29)19-8-6-5-7-9-19)16-24(27)25-20-12-10-18(31-2)15-23(20)33-4/h5-15H,16H2,1-4H3,(H,25,27). The number of sulfonamides is 1. The third-order valence-corrected chi connectivity index (χ3v) is 6.73. The van der Waals surface area contributed by atoms with Crippen molar-refractivity contribution in [1.29, 1.82) is 0 Å². The number of ether oxygens (including phenoxy) is 4. The molecule has 0 aliphatic carbocycles. The van der Waals surface area contributed by atoms with E-state index in [1.54, 1.807) is 48.5 Å². The minimum atomic E-state index is -4.14. The summed E-state index contributed by atoms with van der Waals surface area (Å²) in [7, 11) is 1.71. The molecule has 0 aromatic heterocycles. The highest BCUT2D eigenvalue weighted by Crippen LogP contribution is 2.36. The van der Waals surface area contributed by atoms with Crippen molar-refractivity contribution in [2.75, 3.05) is 44.6 Å². The first-order valence-corrected chi connectivity index (χ1v) is 11.6. The summed E-state index contributed by atoms with van der Waals surface area (Å²) in [5, 5.41) is 2.70. The van der Waals surface area contributed by atoms with Gasteiger partial charge in [0.05, 0.1) is 44.7 Å². The predicted molar refractivity (Wildman–Crippen MR) is 129 cm³/mol. The molecule has 0 heterocycles. The molecule has 0 atom stereocenters. The zero-order chi connectivity index (χ0) is 24.7. The number of hydrogen-bond acceptors (Lipinski definition) is 7. The van der Waals surface area contributed by atoms with Crippen LogP contribution in [0.1, 0.15) is 0 Å². The molecule has 0 aliphatic heterocycles. The van der Waals surface area contributed by atoms with Crippen LogP contribution in [0, 0.1) is 0 Å². The SMILES string of the molecule is COc1ccc(NC(=O)CN(c2cc(OC)ccc2OC)S(=O)(=O)c2ccccc2)c(OC)c1. The van der Waals surface area contributed by atoms with Crippen molar-refractivity contribution < 1.29 is 32.2 Å². The molecule has 3 aromatic carbocycles. The minimum Gasteiger partial charge on any atom is -0.497 e. The van der Waals surface area contributed by atoms with E-state index < -0.39 is 22.5 Å². The smallest absolute Gasteiger partial charge is 0.264 e. The van der Waals surface area contributed by atoms with Crippen molar-refractivity contribution in [1.82, 2.24) is 0 Å². The lowest BCUT2D eigenvalue weighted by Crippen LogP contribution is -2.38. The van der Waals surface area contributed by atoms with Gasteiger partial charge in [-0.2, -0.15) is 0 Å². The highest BCUT2D eigenvalue weighted by molar-refractivity contribution is 7.92. The molecular weight excluding hydrogens is 460 g/mol. The van der Waals surface area contributed by atoms with E-state index in [4.69, 9.17) is 18.9 Å². The van der Waals surface area contributed by atoms with Crippen LogP contribution in [-0.4, -0.2) is 49.3 Å². The van der Waals surface area contributed by atoms with Crippen LogP contribution in [0.15, 0.2) is 71.6 Å². The van der Waals surface area contributed by atoms with Gasteiger partial charge in [0.25, 0.3) is 10.0 Å². The molecule has 1 amide bonds. The molecule has 1 N–H and O–H groups in total. The number of amides is 1. The number of methoxy groups -OCH3 is 4. The van der Waals surface area contributed by atoms with Gasteiger partial charge in [-0.15, -0.1) is 0 Å². The van der Waals surface area contributed by atoms with Crippen LogP contribution in [0.2, 0.25) is 0 Å². The highest BCUT2D eigenvalue weighted by Gasteiger charge is 2.30. The van der Waals surface area contributed by atoms with E-state index in [0.717, 1.165) is 4.31 Å². The van der Waals surface area contributed by atoms with Crippen molar-refractivity contribution in [3.8, 4) is 23.0 Å². The Kier molecular flexibility index (Phi) is 7.85. The second kappa shape index (κ2) is 10.8. The Morgan fingerprint density at radius 3 is 2.03 bits per heavy atom. The fourth-order valence-corrected chi connectivity index (χ4v) is 4.68. The summed E-state index contributed by atoms with van der Waals surface area (Å²) < 4.78 is 49.3. The van der Waals surface area contributed by atoms with Crippen molar-refractivity contribution in [2.45, 2.75) is 4.90 Å². The Hall–Kier alpha value is -3.92. The number of anilines is 2. The Labute approximate surface area is 198 Å². The number of nitrogens with zero attached hydrogens (tertiary/aromatic N) is 1. The maximum Gasteiger partial charge on any atom is 0.264 e. The molecule has 0 saturated carbocycles. The summed E-state index contributed by atoms with van der Waals surface area (Å²) in [5.41, 5.74) is 0.519. The van der Waals surface area contributed by atoms with E-state index in [2.05, 4.69) is 5.32 Å². The number of hydrogen-bond donors (Lipinski definition) is 1. The number of nitrogens with one attached hydrogen (secondary N) is 1. The Morgan fingerprint density at radius 2 is 1.41 bits per heavy atom. The van der Waals surface area contributed by atoms with Crippen LogP contribution in [0.3, 0.4) is 0 Å². The van der Waals surface area contributed by atoms with Gasteiger partial charge in [0, 0.05) is 12.1 Å². The maximum absolute atomic E-state index is 13.6. The summed E-state index contributed by atoms with van der Waals surface area (Å²) in [4.78, 5) is 13.1. The fraction of sp³-hybridized carbons (Fsp3) is 0.208. The highest BCUT2D eigenvalue weighted by atomic mass is 32.2. The Morgan fingerprint density at radius 1 is 0.794 bits per heavy atom. The average Bonchev–Trinajstić information content (AvgIpc) is 2.87. The van der Waals surface area contributed by atoms with E-state index in [1.807, 2.05) is 0 Å². The zero-order valence-corrected chi connectivity index (χ0v) is 20.1. The van der Waals surface area contributed by atoms with E-state index in [0.29, 0.717) is 22.9 Å². The van der Waals surface area contributed by atoms with Gasteiger partial charge in [-0.25, -0.2) is 8.42 Å². The lowest BCUT2D eigenvalue weighted by atomic mass is 10.2. The van der Waals surface area contributed by atoms with Crippen LogP contribution in [-0.2, 0) is 14.8 Å². The quantitative estimate of drug-likeness (QED) is 0.467. The first-order chi connectivity index (χ1) is 16.3. The van der Waals surface area contributed by atoms with Gasteiger partial charge in [-0.05, 0) is 36.4 Å². The molecule has 0 spiro atoms. The summed E-state index contributed by atoms with van der Waals surface area (Å²) >= 11 is 0. The van der Waals surface area contributed by atoms with Crippen molar-refractivity contribution >= 4 is 27.3 Å². The first-order valence-electron chi connectivity index (χ1n) is 10.2. The monoisotopic (exact) mass is 486 g/mol. The van der Waals surface area contributed by atoms with Gasteiger partial charge in [0.2, 0.25) is 5.91 Å². The van der Waals surface area contributed by atoms with Gasteiger partial charge in [-0.3, -0.25) is 9.10 Å². The van der Waals surface area contributed by atoms with Gasteiger partial charge < -0.3 is 24.3 Å². The van der Waals surface area contributed by atoms with E-state index in [-0.39, 0.29) is 16.3 Å². The molecular formula is C24H26N2O7S. The summed E-state index contributed by atoms with van der Waals surface area (Å²) in [6.07, 6.45) is 0. The van der Waals surface area contributed by atoms with E-state index in [9.17, 15) is 13.2 Å². The van der Waals surface area contributed by atoms with E-state index in [1.165, 1.54) is 46.6 Å². The summed E-state index contributed by atoms with van der Waals surface area (Å²) in [6, 6.07) is 17.4. The van der Waals surface area contributed by atoms with Gasteiger partial charge in [-0.1, -0.05) is 18.2 Å². The molecule has 0 fully saturated rings. The average molecular weight is 487 g/mol. The van der Waals surface area contributed by atoms with E-state index >= 15 is 0 Å². The molecule has 9 nitrogen and oxygen atoms in total. The first kappa shape index (κ1) is 24.7. The third kappa shape index (κ3) is 5.34. The summed E-state index contributed by atoms with van der Waals surface area (Å²) in [6.45, 7) is -0.532.